The first-order chi connectivity index (χ1) is 12.4. The second kappa shape index (κ2) is 8.91. The molecule has 8 heteroatoms. The quantitative estimate of drug-likeness (QED) is 0.328. The van der Waals surface area contributed by atoms with Crippen molar-refractivity contribution in [3.63, 3.8) is 0 Å². The molecule has 0 bridgehead atoms. The van der Waals surface area contributed by atoms with Gasteiger partial charge in [-0.2, -0.15) is 0 Å². The summed E-state index contributed by atoms with van der Waals surface area (Å²) in [5.74, 6) is -1.23. The fourth-order valence-electron chi connectivity index (χ4n) is 2.11. The molecule has 1 amide bonds. The van der Waals surface area contributed by atoms with Crippen molar-refractivity contribution in [3.05, 3.63) is 80.8 Å². The smallest absolute Gasteiger partial charge is 0.331 e. The molecule has 7 nitrogen and oxygen atoms in total. The summed E-state index contributed by atoms with van der Waals surface area (Å²) in [7, 11) is 0. The van der Waals surface area contributed by atoms with Crippen LogP contribution in [-0.4, -0.2) is 16.8 Å². The Morgan fingerprint density at radius 2 is 1.92 bits per heavy atom. The number of hydrogen-bond donors (Lipinski definition) is 1. The Hall–Kier alpha value is -3.00. The lowest BCUT2D eigenvalue weighted by molar-refractivity contribution is -0.384. The first kappa shape index (κ1) is 19.3. The van der Waals surface area contributed by atoms with Gasteiger partial charge in [-0.3, -0.25) is 14.9 Å². The van der Waals surface area contributed by atoms with Gasteiger partial charge >= 0.3 is 5.97 Å². The topological polar surface area (TPSA) is 98.5 Å². The molecular formula is C18H15BrN2O5. The van der Waals surface area contributed by atoms with E-state index in [-0.39, 0.29) is 5.69 Å². The third-order valence-corrected chi connectivity index (χ3v) is 3.95. The van der Waals surface area contributed by atoms with Crippen LogP contribution in [-0.2, 0) is 14.3 Å². The van der Waals surface area contributed by atoms with E-state index < -0.39 is 22.9 Å². The molecule has 0 saturated heterocycles. The largest absolute Gasteiger partial charge is 0.444 e. The average molecular weight is 419 g/mol. The number of amides is 1. The number of anilines is 1. The molecule has 0 aromatic heterocycles. The van der Waals surface area contributed by atoms with Gasteiger partial charge in [0.05, 0.1) is 10.6 Å². The molecule has 2 aromatic rings. The van der Waals surface area contributed by atoms with Crippen molar-refractivity contribution < 1.29 is 19.2 Å². The highest BCUT2D eigenvalue weighted by molar-refractivity contribution is 9.10. The summed E-state index contributed by atoms with van der Waals surface area (Å²) in [6, 6.07) is 12.5. The summed E-state index contributed by atoms with van der Waals surface area (Å²) in [6.45, 7) is 1.66. The summed E-state index contributed by atoms with van der Waals surface area (Å²) in [5, 5.41) is 13.4. The van der Waals surface area contributed by atoms with Gasteiger partial charge < -0.3 is 10.1 Å². The SMILES string of the molecule is C/C=C/C(=O)OC(C(=O)Nc1ccc([N+](=O)[O-])cc1Br)c1ccccc1. The number of nitro groups is 1. The normalized spacial score (nSPS) is 11.8. The number of halogens is 1. The van der Waals surface area contributed by atoms with E-state index in [1.165, 1.54) is 30.4 Å². The number of nitrogens with zero attached hydrogens (tertiary/aromatic N) is 1. The van der Waals surface area contributed by atoms with Gasteiger partial charge in [-0.1, -0.05) is 36.4 Å². The summed E-state index contributed by atoms with van der Waals surface area (Å²) in [4.78, 5) is 34.7. The molecular weight excluding hydrogens is 404 g/mol. The average Bonchev–Trinajstić information content (AvgIpc) is 2.62. The van der Waals surface area contributed by atoms with Gasteiger partial charge in [0.1, 0.15) is 0 Å². The van der Waals surface area contributed by atoms with E-state index in [0.717, 1.165) is 0 Å². The van der Waals surface area contributed by atoms with Crippen LogP contribution in [0, 0.1) is 10.1 Å². The van der Waals surface area contributed by atoms with Crippen LogP contribution in [0.4, 0.5) is 11.4 Å². The number of benzene rings is 2. The number of hydrogen-bond acceptors (Lipinski definition) is 5. The first-order valence-corrected chi connectivity index (χ1v) is 8.34. The van der Waals surface area contributed by atoms with Crippen LogP contribution in [0.3, 0.4) is 0 Å². The summed E-state index contributed by atoms with van der Waals surface area (Å²) >= 11 is 3.19. The van der Waals surface area contributed by atoms with Crippen LogP contribution in [0.15, 0.2) is 65.2 Å². The van der Waals surface area contributed by atoms with Crippen LogP contribution >= 0.6 is 15.9 Å². The summed E-state index contributed by atoms with van der Waals surface area (Å²) in [6.07, 6.45) is 1.56. The van der Waals surface area contributed by atoms with Gasteiger partial charge in [0.15, 0.2) is 0 Å². The standard InChI is InChI=1S/C18H15BrN2O5/c1-2-6-16(22)26-17(12-7-4-3-5-8-12)18(23)20-15-10-9-13(21(24)25)11-14(15)19/h2-11,17H,1H3,(H,20,23)/b6-2+. The van der Waals surface area contributed by atoms with Crippen molar-refractivity contribution in [1.82, 2.24) is 0 Å². The van der Waals surface area contributed by atoms with Crippen molar-refractivity contribution in [1.29, 1.82) is 0 Å². The van der Waals surface area contributed by atoms with E-state index >= 15 is 0 Å². The molecule has 0 spiro atoms. The van der Waals surface area contributed by atoms with Gasteiger partial charge in [-0.05, 0) is 28.9 Å². The van der Waals surface area contributed by atoms with Crippen molar-refractivity contribution in [2.75, 3.05) is 5.32 Å². The lowest BCUT2D eigenvalue weighted by Gasteiger charge is -2.17. The van der Waals surface area contributed by atoms with Gasteiger partial charge in [-0.15, -0.1) is 0 Å². The van der Waals surface area contributed by atoms with Gasteiger partial charge in [0.2, 0.25) is 6.10 Å². The highest BCUT2D eigenvalue weighted by atomic mass is 79.9. The Kier molecular flexibility index (Phi) is 6.62. The Morgan fingerprint density at radius 1 is 1.23 bits per heavy atom. The zero-order valence-electron chi connectivity index (χ0n) is 13.7. The van der Waals surface area contributed by atoms with Crippen LogP contribution in [0.1, 0.15) is 18.6 Å². The van der Waals surface area contributed by atoms with Crippen LogP contribution in [0.25, 0.3) is 0 Å². The second-order valence-electron chi connectivity index (χ2n) is 5.14. The number of rotatable bonds is 6. The maximum Gasteiger partial charge on any atom is 0.331 e. The minimum absolute atomic E-state index is 0.117. The Bertz CT molecular complexity index is 852. The summed E-state index contributed by atoms with van der Waals surface area (Å²) in [5.41, 5.74) is 0.707. The van der Waals surface area contributed by atoms with Crippen LogP contribution in [0.2, 0.25) is 0 Å². The van der Waals surface area contributed by atoms with E-state index in [2.05, 4.69) is 21.2 Å². The van der Waals surface area contributed by atoms with Crippen LogP contribution < -0.4 is 5.32 Å². The fraction of sp³-hybridized carbons (Fsp3) is 0.111. The second-order valence-corrected chi connectivity index (χ2v) is 5.99. The minimum Gasteiger partial charge on any atom is -0.444 e. The highest BCUT2D eigenvalue weighted by Gasteiger charge is 2.25. The van der Waals surface area contributed by atoms with Gasteiger partial charge in [0.25, 0.3) is 11.6 Å². The van der Waals surface area contributed by atoms with E-state index in [1.807, 2.05) is 0 Å². The predicted molar refractivity (Wildman–Crippen MR) is 99.5 cm³/mol. The van der Waals surface area contributed by atoms with Gasteiger partial charge in [-0.25, -0.2) is 4.79 Å². The van der Waals surface area contributed by atoms with E-state index in [1.54, 1.807) is 37.3 Å². The number of esters is 1. The molecule has 2 aromatic carbocycles. The zero-order chi connectivity index (χ0) is 19.1. The van der Waals surface area contributed by atoms with Crippen molar-refractivity contribution in [2.45, 2.75) is 13.0 Å². The highest BCUT2D eigenvalue weighted by Crippen LogP contribution is 2.28. The molecule has 0 heterocycles. The molecule has 0 radical (unpaired) electrons. The van der Waals surface area contributed by atoms with E-state index in [0.29, 0.717) is 15.7 Å². The molecule has 0 aliphatic rings. The first-order valence-electron chi connectivity index (χ1n) is 7.55. The number of carbonyl (C=O) groups is 2. The minimum atomic E-state index is -1.16. The molecule has 26 heavy (non-hydrogen) atoms. The predicted octanol–water partition coefficient (Wildman–Crippen LogP) is 4.16. The molecule has 0 aliphatic heterocycles. The van der Waals surface area contributed by atoms with Gasteiger partial charge in [0, 0.05) is 28.2 Å². The number of ether oxygens (including phenoxy) is 1. The monoisotopic (exact) mass is 418 g/mol. The number of carbonyl (C=O) groups excluding carboxylic acids is 2. The number of nitrogens with one attached hydrogen (secondary N) is 1. The third-order valence-electron chi connectivity index (χ3n) is 3.30. The molecule has 0 fully saturated rings. The zero-order valence-corrected chi connectivity index (χ0v) is 15.3. The third kappa shape index (κ3) is 5.00. The molecule has 0 aliphatic carbocycles. The Balaban J connectivity index is 2.26. The lowest BCUT2D eigenvalue weighted by atomic mass is 10.1. The molecule has 2 rings (SSSR count). The summed E-state index contributed by atoms with van der Waals surface area (Å²) < 4.78 is 5.59. The molecule has 1 unspecified atom stereocenters. The molecule has 134 valence electrons. The maximum atomic E-state index is 12.7. The Morgan fingerprint density at radius 3 is 2.50 bits per heavy atom. The van der Waals surface area contributed by atoms with Crippen molar-refractivity contribution >= 4 is 39.2 Å². The van der Waals surface area contributed by atoms with Crippen LogP contribution in [0.5, 0.6) is 0 Å². The van der Waals surface area contributed by atoms with E-state index in [4.69, 9.17) is 4.74 Å². The fourth-order valence-corrected chi connectivity index (χ4v) is 2.58. The molecule has 1 atom stereocenters. The maximum absolute atomic E-state index is 12.7. The number of non-ortho nitro benzene ring substituents is 1. The van der Waals surface area contributed by atoms with E-state index in [9.17, 15) is 19.7 Å². The molecule has 0 saturated carbocycles. The number of allylic oxidation sites excluding steroid dienone is 1. The Labute approximate surface area is 157 Å². The van der Waals surface area contributed by atoms with Crippen molar-refractivity contribution in [3.8, 4) is 0 Å². The molecule has 1 N–H and O–H groups in total. The number of nitro benzene ring substituents is 1. The van der Waals surface area contributed by atoms with Crippen molar-refractivity contribution in [2.24, 2.45) is 0 Å². The lowest BCUT2D eigenvalue weighted by Crippen LogP contribution is -2.25.